The van der Waals surface area contributed by atoms with Crippen molar-refractivity contribution in [3.05, 3.63) is 99.4 Å². The molecule has 2 aromatic carbocycles. The Balaban J connectivity index is 1.10. The highest BCUT2D eigenvalue weighted by Gasteiger charge is 2.54. The number of thioether (sulfide) groups is 2. The number of nitrogen functional groups attached to an aromatic ring is 1. The van der Waals surface area contributed by atoms with Crippen LogP contribution in [0.1, 0.15) is 11.5 Å². The third-order valence-corrected chi connectivity index (χ3v) is 11.3. The number of fused-ring (bicyclic) bond motifs is 1. The summed E-state index contributed by atoms with van der Waals surface area (Å²) in [6, 6.07) is 12.4. The molecule has 0 unspecified atom stereocenters. The van der Waals surface area contributed by atoms with Gasteiger partial charge in [-0.05, 0) is 23.3 Å². The summed E-state index contributed by atoms with van der Waals surface area (Å²) >= 11 is 3.51. The summed E-state index contributed by atoms with van der Waals surface area (Å²) in [6.07, 6.45) is 2.51. The molecule has 280 valence electrons. The van der Waals surface area contributed by atoms with Crippen LogP contribution in [0.2, 0.25) is 0 Å². The zero-order chi connectivity index (χ0) is 38.8. The number of oxime groups is 1. The van der Waals surface area contributed by atoms with Gasteiger partial charge in [0.05, 0.1) is 6.20 Å². The quantitative estimate of drug-likeness (QED) is 0.0238. The lowest BCUT2D eigenvalue weighted by molar-refractivity contribution is -0.150. The number of nitrogens with zero attached hydrogens (tertiary/aromatic N) is 6. The highest BCUT2D eigenvalue weighted by molar-refractivity contribution is 8.01. The number of aromatic hydroxyl groups is 3. The molecule has 2 atom stereocenters. The minimum atomic E-state index is -1.33. The van der Waals surface area contributed by atoms with E-state index in [-0.39, 0.29) is 51.1 Å². The van der Waals surface area contributed by atoms with Gasteiger partial charge in [0.1, 0.15) is 33.7 Å². The molecule has 5 aromatic rings. The number of phenols is 2. The number of H-pyrrole nitrogens is 1. The van der Waals surface area contributed by atoms with Crippen molar-refractivity contribution in [2.24, 2.45) is 5.16 Å². The lowest BCUT2D eigenvalue weighted by atomic mass is 10.0. The van der Waals surface area contributed by atoms with Crippen LogP contribution in [-0.2, 0) is 25.8 Å². The highest BCUT2D eigenvalue weighted by Crippen LogP contribution is 2.43. The molecule has 2 aliphatic rings. The first-order valence-corrected chi connectivity index (χ1v) is 18.9. The van der Waals surface area contributed by atoms with Gasteiger partial charge in [0.25, 0.3) is 17.4 Å². The van der Waals surface area contributed by atoms with Crippen LogP contribution >= 0.6 is 34.9 Å². The smallest absolute Gasteiger partial charge is 0.352 e. The van der Waals surface area contributed by atoms with Gasteiger partial charge in [0, 0.05) is 34.2 Å². The first-order chi connectivity index (χ1) is 26.5. The van der Waals surface area contributed by atoms with Gasteiger partial charge >= 0.3 is 5.97 Å². The largest absolute Gasteiger partial charge is 0.504 e. The van der Waals surface area contributed by atoms with Gasteiger partial charge in [-0.2, -0.15) is 0 Å². The Kier molecular flexibility index (Phi) is 10.4. The number of benzene rings is 2. The molecule has 8 N–H and O–H groups in total. The van der Waals surface area contributed by atoms with Crippen molar-refractivity contribution >= 4 is 63.5 Å². The van der Waals surface area contributed by atoms with E-state index in [1.54, 1.807) is 12.3 Å². The maximum atomic E-state index is 13.5. The van der Waals surface area contributed by atoms with Crippen molar-refractivity contribution in [3.8, 4) is 39.8 Å². The van der Waals surface area contributed by atoms with Crippen LogP contribution in [0.4, 0.5) is 5.13 Å². The van der Waals surface area contributed by atoms with Crippen LogP contribution in [-0.4, -0.2) is 96.7 Å². The normalized spacial score (nSPS) is 16.7. The molecular formula is C34H27N9O9S3. The van der Waals surface area contributed by atoms with Crippen LogP contribution in [0, 0.1) is 0 Å². The zero-order valence-corrected chi connectivity index (χ0v) is 30.4. The second-order valence-corrected chi connectivity index (χ2v) is 14.7. The molecule has 18 nitrogen and oxygen atoms in total. The van der Waals surface area contributed by atoms with Crippen molar-refractivity contribution in [2.45, 2.75) is 23.0 Å². The number of carboxylic acids is 1. The van der Waals surface area contributed by atoms with Gasteiger partial charge in [-0.15, -0.1) is 34.9 Å². The molecule has 0 spiro atoms. The molecule has 2 amide bonds. The molecule has 2 aliphatic heterocycles. The van der Waals surface area contributed by atoms with Crippen LogP contribution in [0.3, 0.4) is 0 Å². The fourth-order valence-electron chi connectivity index (χ4n) is 5.51. The summed E-state index contributed by atoms with van der Waals surface area (Å²) in [4.78, 5) is 77.3. The summed E-state index contributed by atoms with van der Waals surface area (Å²) in [5, 5.41) is 47.5. The third-order valence-electron chi connectivity index (χ3n) is 8.16. The number of amides is 2. The monoisotopic (exact) mass is 801 g/mol. The minimum absolute atomic E-state index is 0.00157. The van der Waals surface area contributed by atoms with E-state index in [9.17, 15) is 39.6 Å². The van der Waals surface area contributed by atoms with Gasteiger partial charge in [0.2, 0.25) is 0 Å². The van der Waals surface area contributed by atoms with Crippen LogP contribution in [0.25, 0.3) is 22.5 Å². The van der Waals surface area contributed by atoms with Gasteiger partial charge in [0.15, 0.2) is 40.5 Å². The van der Waals surface area contributed by atoms with Gasteiger partial charge in [-0.25, -0.2) is 24.7 Å². The first-order valence-electron chi connectivity index (χ1n) is 16.0. The van der Waals surface area contributed by atoms with E-state index in [1.165, 1.54) is 41.0 Å². The van der Waals surface area contributed by atoms with Crippen LogP contribution < -0.4 is 16.6 Å². The average molecular weight is 802 g/mol. The number of β-lactam (4-membered cyclic amide) rings is 1. The van der Waals surface area contributed by atoms with Gasteiger partial charge < -0.3 is 41.3 Å². The Morgan fingerprint density at radius 3 is 2.55 bits per heavy atom. The molecule has 0 saturated carbocycles. The Morgan fingerprint density at radius 2 is 1.84 bits per heavy atom. The van der Waals surface area contributed by atoms with Crippen molar-refractivity contribution in [3.63, 3.8) is 0 Å². The molecule has 3 aromatic heterocycles. The molecule has 55 heavy (non-hydrogen) atoms. The van der Waals surface area contributed by atoms with E-state index in [2.05, 4.69) is 30.4 Å². The fraction of sp³-hybridized carbons (Fsp3) is 0.147. The number of thiazole rings is 1. The minimum Gasteiger partial charge on any atom is -0.504 e. The lowest BCUT2D eigenvalue weighted by Crippen LogP contribution is -2.71. The molecule has 0 aliphatic carbocycles. The second kappa shape index (κ2) is 15.5. The number of aliphatic carboxylic acids is 1. The topological polar surface area (TPSA) is 279 Å². The third kappa shape index (κ3) is 7.65. The number of carbonyl (C=O) groups excluding carboxylic acids is 2. The summed E-state index contributed by atoms with van der Waals surface area (Å²) in [5.74, 6) is -3.35. The lowest BCUT2D eigenvalue weighted by Gasteiger charge is -2.49. The molecule has 1 fully saturated rings. The van der Waals surface area contributed by atoms with Gasteiger partial charge in [-0.3, -0.25) is 19.3 Å². The number of nitrogens with two attached hydrogens (primary N) is 1. The number of hydrogen-bond donors (Lipinski definition) is 7. The summed E-state index contributed by atoms with van der Waals surface area (Å²) in [7, 11) is 0. The maximum Gasteiger partial charge on any atom is 0.352 e. The number of carbonyl (C=O) groups is 3. The number of rotatable bonds is 12. The van der Waals surface area contributed by atoms with E-state index >= 15 is 0 Å². The van der Waals surface area contributed by atoms with Crippen molar-refractivity contribution in [1.29, 1.82) is 0 Å². The van der Waals surface area contributed by atoms with E-state index in [1.807, 2.05) is 30.3 Å². The first kappa shape index (κ1) is 36.9. The molecule has 1 saturated heterocycles. The second-order valence-electron chi connectivity index (χ2n) is 11.7. The molecule has 0 bridgehead atoms. The van der Waals surface area contributed by atoms with Crippen LogP contribution in [0.15, 0.2) is 92.6 Å². The van der Waals surface area contributed by atoms with Gasteiger partial charge in [-0.1, -0.05) is 41.6 Å². The number of aromatic amines is 1. The molecule has 5 heterocycles. The van der Waals surface area contributed by atoms with Crippen molar-refractivity contribution < 1.29 is 39.6 Å². The highest BCUT2D eigenvalue weighted by atomic mass is 32.2. The Bertz CT molecular complexity index is 2460. The van der Waals surface area contributed by atoms with Crippen LogP contribution in [0.5, 0.6) is 17.2 Å². The SMILES string of the molecule is Nc1nc(/C(=N\OCc2ncc(O)c(=O)[nH]2)C(=O)N[C@@H]2C(=O)N3C(C(=O)O)=C(CSc4nc(-c5ccccc5)ncc4-c4ccc(O)c(O)c4)CS[C@H]23)cs1. The summed E-state index contributed by atoms with van der Waals surface area (Å²) in [6.45, 7) is -0.393. The Labute approximate surface area is 321 Å². The summed E-state index contributed by atoms with van der Waals surface area (Å²) in [5.41, 5.74) is 6.67. The number of carboxylic acid groups (broad SMARTS) is 1. The summed E-state index contributed by atoms with van der Waals surface area (Å²) < 4.78 is 0. The standard InChI is InChI=1S/C34H27N9O9S3/c35-34-38-19(14-55-34)24(42-52-11-23-36-10-22(46)28(47)39-23)29(48)40-25-31(49)43-26(33(50)51)17(13-54-32(25)43)12-53-30-18(16-6-7-20(44)21(45)8-16)9-37-27(41-30)15-4-2-1-3-5-15/h1-10,14,25,32,44-46H,11-13H2,(H2,35,38)(H,40,48)(H,50,51)(H,36,39,47)/b42-24+/t25-,32-/m1/s1. The number of hydrogen-bond acceptors (Lipinski definition) is 17. The van der Waals surface area contributed by atoms with E-state index in [4.69, 9.17) is 15.6 Å². The molecule has 0 radical (unpaired) electrons. The molecule has 7 rings (SSSR count). The number of phenolic OH excluding ortho intramolecular Hbond substituents is 2. The van der Waals surface area contributed by atoms with E-state index in [0.29, 0.717) is 27.6 Å². The zero-order valence-electron chi connectivity index (χ0n) is 27.9. The number of anilines is 1. The van der Waals surface area contributed by atoms with Crippen molar-refractivity contribution in [2.75, 3.05) is 17.2 Å². The number of nitrogens with one attached hydrogen (secondary N) is 2. The molecular weight excluding hydrogens is 775 g/mol. The predicted molar refractivity (Wildman–Crippen MR) is 201 cm³/mol. The van der Waals surface area contributed by atoms with Crippen molar-refractivity contribution in [1.82, 2.24) is 35.1 Å². The predicted octanol–water partition coefficient (Wildman–Crippen LogP) is 2.50. The number of aromatic nitrogens is 5. The average Bonchev–Trinajstić information content (AvgIpc) is 3.62. The van der Waals surface area contributed by atoms with E-state index < -0.39 is 47.1 Å². The maximum absolute atomic E-state index is 13.5. The van der Waals surface area contributed by atoms with E-state index in [0.717, 1.165) is 28.0 Å². The fourth-order valence-corrected chi connectivity index (χ4v) is 8.56. The Hall–Kier alpha value is -6.45. The Morgan fingerprint density at radius 1 is 1.04 bits per heavy atom. The molecule has 21 heteroatoms.